The van der Waals surface area contributed by atoms with Gasteiger partial charge in [0.1, 0.15) is 12.7 Å². The average molecular weight is 394 g/mol. The highest BCUT2D eigenvalue weighted by Gasteiger charge is 2.14. The number of benzene rings is 3. The van der Waals surface area contributed by atoms with E-state index in [0.717, 1.165) is 22.3 Å². The molecular weight excluding hydrogens is 372 g/mol. The van der Waals surface area contributed by atoms with Crippen molar-refractivity contribution in [1.82, 2.24) is 20.1 Å². The van der Waals surface area contributed by atoms with Crippen LogP contribution in [0.4, 0.5) is 0 Å². The van der Waals surface area contributed by atoms with Crippen LogP contribution in [0.2, 0.25) is 0 Å². The Bertz CT molecular complexity index is 1110. The summed E-state index contributed by atoms with van der Waals surface area (Å²) < 4.78 is 1.71. The first kappa shape index (κ1) is 19.3. The lowest BCUT2D eigenvalue weighted by Gasteiger charge is -2.18. The van der Waals surface area contributed by atoms with Gasteiger partial charge in [-0.1, -0.05) is 78.9 Å². The Labute approximate surface area is 175 Å². The predicted octanol–water partition coefficient (Wildman–Crippen LogP) is 4.52. The van der Waals surface area contributed by atoms with Gasteiger partial charge in [-0.25, -0.2) is 4.98 Å². The van der Waals surface area contributed by atoms with Gasteiger partial charge < -0.3 is 5.32 Å². The van der Waals surface area contributed by atoms with Crippen LogP contribution in [0.25, 0.3) is 17.2 Å². The van der Waals surface area contributed by atoms with E-state index in [0.29, 0.717) is 6.54 Å². The first-order valence-corrected chi connectivity index (χ1v) is 9.79. The molecule has 1 heterocycles. The molecule has 4 aromatic rings. The number of hydrogen-bond donors (Lipinski definition) is 1. The standard InChI is InChI=1S/C25H22N4O/c30-25(15-14-20-8-7-13-23(16-20)21-9-3-1-4-10-21)28-24(17-29-19-26-18-27-29)22-11-5-2-6-12-22/h1-16,18-19,24H,17H2,(H,28,30)/b15-14+. The lowest BCUT2D eigenvalue weighted by atomic mass is 10.0. The summed E-state index contributed by atoms with van der Waals surface area (Å²) in [4.78, 5) is 16.6. The van der Waals surface area contributed by atoms with Crippen LogP contribution in [0.15, 0.2) is 104 Å². The van der Waals surface area contributed by atoms with E-state index in [9.17, 15) is 4.79 Å². The van der Waals surface area contributed by atoms with E-state index in [4.69, 9.17) is 0 Å². The molecule has 5 heteroatoms. The molecule has 148 valence electrons. The van der Waals surface area contributed by atoms with Crippen LogP contribution in [-0.4, -0.2) is 20.7 Å². The van der Waals surface area contributed by atoms with Crippen LogP contribution in [-0.2, 0) is 11.3 Å². The van der Waals surface area contributed by atoms with Gasteiger partial charge in [-0.05, 0) is 34.4 Å². The van der Waals surface area contributed by atoms with E-state index in [1.807, 2.05) is 66.7 Å². The Hall–Kier alpha value is -3.99. The molecule has 0 aliphatic heterocycles. The van der Waals surface area contributed by atoms with Crippen molar-refractivity contribution in [2.45, 2.75) is 12.6 Å². The summed E-state index contributed by atoms with van der Waals surface area (Å²) in [6.07, 6.45) is 6.54. The van der Waals surface area contributed by atoms with Crippen molar-refractivity contribution in [2.75, 3.05) is 0 Å². The zero-order valence-corrected chi connectivity index (χ0v) is 16.4. The second kappa shape index (κ2) is 9.47. The number of carbonyl (C=O) groups is 1. The Kier molecular flexibility index (Phi) is 6.11. The number of hydrogen-bond acceptors (Lipinski definition) is 3. The molecule has 0 radical (unpaired) electrons. The molecule has 5 nitrogen and oxygen atoms in total. The van der Waals surface area contributed by atoms with Crippen molar-refractivity contribution < 1.29 is 4.79 Å². The van der Waals surface area contributed by atoms with Crippen molar-refractivity contribution in [3.8, 4) is 11.1 Å². The number of rotatable bonds is 7. The molecule has 0 aliphatic carbocycles. The van der Waals surface area contributed by atoms with Crippen LogP contribution < -0.4 is 5.32 Å². The minimum Gasteiger partial charge on any atom is -0.344 e. The molecule has 0 saturated carbocycles. The molecule has 1 unspecified atom stereocenters. The Morgan fingerprint density at radius 2 is 1.67 bits per heavy atom. The number of nitrogens with one attached hydrogen (secondary N) is 1. The molecule has 0 aliphatic rings. The summed E-state index contributed by atoms with van der Waals surface area (Å²) in [6.45, 7) is 0.507. The Morgan fingerprint density at radius 3 is 2.40 bits per heavy atom. The van der Waals surface area contributed by atoms with E-state index in [1.54, 1.807) is 17.1 Å². The maximum atomic E-state index is 12.6. The second-order valence-corrected chi connectivity index (χ2v) is 6.91. The molecule has 0 fully saturated rings. The number of nitrogens with zero attached hydrogens (tertiary/aromatic N) is 3. The molecule has 4 rings (SSSR count). The van der Waals surface area contributed by atoms with Gasteiger partial charge in [0.25, 0.3) is 0 Å². The number of amides is 1. The molecule has 0 bridgehead atoms. The van der Waals surface area contributed by atoms with E-state index in [1.165, 1.54) is 6.33 Å². The monoisotopic (exact) mass is 394 g/mol. The third-order valence-corrected chi connectivity index (χ3v) is 4.78. The average Bonchev–Trinajstić information content (AvgIpc) is 3.32. The van der Waals surface area contributed by atoms with E-state index >= 15 is 0 Å². The molecule has 1 atom stereocenters. The highest BCUT2D eigenvalue weighted by molar-refractivity contribution is 5.92. The summed E-state index contributed by atoms with van der Waals surface area (Å²) in [5, 5.41) is 7.23. The van der Waals surface area contributed by atoms with Crippen LogP contribution in [0.3, 0.4) is 0 Å². The Morgan fingerprint density at radius 1 is 0.933 bits per heavy atom. The quantitative estimate of drug-likeness (QED) is 0.469. The van der Waals surface area contributed by atoms with Gasteiger partial charge in [-0.2, -0.15) is 5.10 Å². The van der Waals surface area contributed by atoms with Crippen LogP contribution >= 0.6 is 0 Å². The molecule has 30 heavy (non-hydrogen) atoms. The van der Waals surface area contributed by atoms with E-state index in [2.05, 4.69) is 39.7 Å². The lowest BCUT2D eigenvalue weighted by molar-refractivity contribution is -0.117. The Balaban J connectivity index is 1.47. The summed E-state index contributed by atoms with van der Waals surface area (Å²) in [6, 6.07) is 28.0. The summed E-state index contributed by atoms with van der Waals surface area (Å²) in [7, 11) is 0. The number of aromatic nitrogens is 3. The summed E-state index contributed by atoms with van der Waals surface area (Å²) in [5.74, 6) is -0.158. The van der Waals surface area contributed by atoms with Crippen LogP contribution in [0.5, 0.6) is 0 Å². The smallest absolute Gasteiger partial charge is 0.244 e. The zero-order chi connectivity index (χ0) is 20.6. The highest BCUT2D eigenvalue weighted by atomic mass is 16.1. The zero-order valence-electron chi connectivity index (χ0n) is 16.4. The SMILES string of the molecule is O=C(/C=C/c1cccc(-c2ccccc2)c1)NC(Cn1cncn1)c1ccccc1. The minimum absolute atomic E-state index is 0.158. The first-order valence-electron chi connectivity index (χ1n) is 9.79. The molecular formula is C25H22N4O. The first-order chi connectivity index (χ1) is 14.8. The summed E-state index contributed by atoms with van der Waals surface area (Å²) in [5.41, 5.74) is 4.25. The number of carbonyl (C=O) groups excluding carboxylic acids is 1. The van der Waals surface area contributed by atoms with Gasteiger partial charge in [0.05, 0.1) is 12.6 Å². The fourth-order valence-electron chi connectivity index (χ4n) is 3.28. The van der Waals surface area contributed by atoms with Crippen LogP contribution in [0, 0.1) is 0 Å². The normalized spacial score (nSPS) is 12.0. The van der Waals surface area contributed by atoms with Crippen molar-refractivity contribution in [1.29, 1.82) is 0 Å². The van der Waals surface area contributed by atoms with Gasteiger partial charge in [-0.15, -0.1) is 0 Å². The molecule has 1 aromatic heterocycles. The second-order valence-electron chi connectivity index (χ2n) is 6.91. The molecule has 0 saturated heterocycles. The summed E-state index contributed by atoms with van der Waals surface area (Å²) >= 11 is 0. The van der Waals surface area contributed by atoms with Crippen LogP contribution in [0.1, 0.15) is 17.2 Å². The molecule has 3 aromatic carbocycles. The van der Waals surface area contributed by atoms with Gasteiger partial charge in [0.2, 0.25) is 5.91 Å². The van der Waals surface area contributed by atoms with E-state index < -0.39 is 0 Å². The molecule has 1 N–H and O–H groups in total. The van der Waals surface area contributed by atoms with Gasteiger partial charge in [0, 0.05) is 6.08 Å². The van der Waals surface area contributed by atoms with Crippen molar-refractivity contribution in [3.05, 3.63) is 115 Å². The maximum Gasteiger partial charge on any atom is 0.244 e. The fourth-order valence-corrected chi connectivity index (χ4v) is 3.28. The largest absolute Gasteiger partial charge is 0.344 e. The molecule has 1 amide bonds. The van der Waals surface area contributed by atoms with Crippen molar-refractivity contribution >= 4 is 12.0 Å². The third kappa shape index (κ3) is 5.08. The fraction of sp³-hybridized carbons (Fsp3) is 0.0800. The maximum absolute atomic E-state index is 12.6. The van der Waals surface area contributed by atoms with Gasteiger partial charge in [0.15, 0.2) is 0 Å². The van der Waals surface area contributed by atoms with E-state index in [-0.39, 0.29) is 11.9 Å². The lowest BCUT2D eigenvalue weighted by Crippen LogP contribution is -2.30. The topological polar surface area (TPSA) is 59.8 Å². The van der Waals surface area contributed by atoms with Crippen molar-refractivity contribution in [2.24, 2.45) is 0 Å². The van der Waals surface area contributed by atoms with Crippen molar-refractivity contribution in [3.63, 3.8) is 0 Å². The predicted molar refractivity (Wildman–Crippen MR) is 118 cm³/mol. The minimum atomic E-state index is -0.208. The molecule has 0 spiro atoms. The van der Waals surface area contributed by atoms with Gasteiger partial charge in [-0.3, -0.25) is 9.48 Å². The third-order valence-electron chi connectivity index (χ3n) is 4.78. The van der Waals surface area contributed by atoms with Gasteiger partial charge >= 0.3 is 0 Å². The highest BCUT2D eigenvalue weighted by Crippen LogP contribution is 2.20.